The van der Waals surface area contributed by atoms with Crippen LogP contribution in [0.25, 0.3) is 0 Å². The van der Waals surface area contributed by atoms with E-state index in [2.05, 4.69) is 15.3 Å². The Hall–Kier alpha value is -1.42. The second-order valence-corrected chi connectivity index (χ2v) is 3.88. The maximum atomic E-state index is 5.36. The first kappa shape index (κ1) is 11.1. The molecule has 86 valence electrons. The minimum absolute atomic E-state index is 0.546. The summed E-state index contributed by atoms with van der Waals surface area (Å²) in [5, 5.41) is 3.39. The van der Waals surface area contributed by atoms with Crippen molar-refractivity contribution in [3.63, 3.8) is 0 Å². The van der Waals surface area contributed by atoms with E-state index in [0.29, 0.717) is 18.5 Å². The smallest absolute Gasteiger partial charge is 0.232 e. The molecule has 0 atom stereocenters. The van der Waals surface area contributed by atoms with Crippen LogP contribution >= 0.6 is 0 Å². The van der Waals surface area contributed by atoms with Crippen LogP contribution in [0, 0.1) is 0 Å². The SMILES string of the molecule is C/C=C/COc1cnc(CNC2CC2)cn1. The van der Waals surface area contributed by atoms with Crippen molar-refractivity contribution in [2.45, 2.75) is 32.4 Å². The first-order valence-electron chi connectivity index (χ1n) is 5.66. The molecule has 1 aromatic rings. The molecule has 1 aliphatic carbocycles. The van der Waals surface area contributed by atoms with Crippen LogP contribution in [-0.2, 0) is 6.54 Å². The molecule has 0 aromatic carbocycles. The van der Waals surface area contributed by atoms with Crippen LogP contribution in [0.15, 0.2) is 24.5 Å². The van der Waals surface area contributed by atoms with E-state index in [1.54, 1.807) is 12.4 Å². The van der Waals surface area contributed by atoms with Gasteiger partial charge in [-0.25, -0.2) is 4.98 Å². The third kappa shape index (κ3) is 3.62. The third-order valence-corrected chi connectivity index (χ3v) is 2.39. The molecule has 0 amide bonds. The quantitative estimate of drug-likeness (QED) is 0.739. The fourth-order valence-corrected chi connectivity index (χ4v) is 1.27. The number of nitrogens with one attached hydrogen (secondary N) is 1. The van der Waals surface area contributed by atoms with Gasteiger partial charge in [0.2, 0.25) is 5.88 Å². The topological polar surface area (TPSA) is 47.0 Å². The molecule has 0 saturated heterocycles. The predicted molar refractivity (Wildman–Crippen MR) is 62.2 cm³/mol. The Morgan fingerprint density at radius 3 is 2.94 bits per heavy atom. The normalized spacial score (nSPS) is 15.6. The lowest BCUT2D eigenvalue weighted by Crippen LogP contribution is -2.16. The highest BCUT2D eigenvalue weighted by atomic mass is 16.5. The van der Waals surface area contributed by atoms with Crippen LogP contribution in [0.4, 0.5) is 0 Å². The van der Waals surface area contributed by atoms with Gasteiger partial charge in [0.15, 0.2) is 0 Å². The highest BCUT2D eigenvalue weighted by molar-refractivity contribution is 5.08. The van der Waals surface area contributed by atoms with Crippen LogP contribution in [-0.4, -0.2) is 22.6 Å². The summed E-state index contributed by atoms with van der Waals surface area (Å²) in [6, 6.07) is 0.701. The molecular formula is C12H17N3O. The Kier molecular flexibility index (Phi) is 3.88. The number of hydrogen-bond acceptors (Lipinski definition) is 4. The van der Waals surface area contributed by atoms with Crippen molar-refractivity contribution in [2.75, 3.05) is 6.61 Å². The number of nitrogens with zero attached hydrogens (tertiary/aromatic N) is 2. The zero-order chi connectivity index (χ0) is 11.2. The summed E-state index contributed by atoms with van der Waals surface area (Å²) in [5.41, 5.74) is 0.963. The average Bonchev–Trinajstić information content (AvgIpc) is 3.12. The van der Waals surface area contributed by atoms with E-state index in [1.807, 2.05) is 19.1 Å². The molecule has 16 heavy (non-hydrogen) atoms. The molecule has 0 aliphatic heterocycles. The Morgan fingerprint density at radius 1 is 1.44 bits per heavy atom. The van der Waals surface area contributed by atoms with E-state index >= 15 is 0 Å². The van der Waals surface area contributed by atoms with Crippen molar-refractivity contribution >= 4 is 0 Å². The number of ether oxygens (including phenoxy) is 1. The lowest BCUT2D eigenvalue weighted by molar-refractivity contribution is 0.346. The van der Waals surface area contributed by atoms with Gasteiger partial charge in [-0.2, -0.15) is 0 Å². The second kappa shape index (κ2) is 5.61. The lowest BCUT2D eigenvalue weighted by atomic mass is 10.4. The minimum atomic E-state index is 0.546. The Bertz CT molecular complexity index is 344. The molecule has 0 bridgehead atoms. The Labute approximate surface area is 95.8 Å². The van der Waals surface area contributed by atoms with Crippen molar-refractivity contribution < 1.29 is 4.74 Å². The fourth-order valence-electron chi connectivity index (χ4n) is 1.27. The molecule has 4 nitrogen and oxygen atoms in total. The highest BCUT2D eigenvalue weighted by Crippen LogP contribution is 2.18. The zero-order valence-corrected chi connectivity index (χ0v) is 9.52. The van der Waals surface area contributed by atoms with Crippen LogP contribution in [0.5, 0.6) is 5.88 Å². The van der Waals surface area contributed by atoms with E-state index in [9.17, 15) is 0 Å². The molecule has 0 unspecified atom stereocenters. The first-order valence-corrected chi connectivity index (χ1v) is 5.66. The Morgan fingerprint density at radius 2 is 2.31 bits per heavy atom. The molecule has 4 heteroatoms. The lowest BCUT2D eigenvalue weighted by Gasteiger charge is -2.04. The summed E-state index contributed by atoms with van der Waals surface area (Å²) in [5.74, 6) is 0.577. The van der Waals surface area contributed by atoms with E-state index in [4.69, 9.17) is 4.74 Å². The van der Waals surface area contributed by atoms with E-state index in [1.165, 1.54) is 12.8 Å². The van der Waals surface area contributed by atoms with Gasteiger partial charge in [0.25, 0.3) is 0 Å². The second-order valence-electron chi connectivity index (χ2n) is 3.88. The van der Waals surface area contributed by atoms with Gasteiger partial charge >= 0.3 is 0 Å². The number of aromatic nitrogens is 2. The van der Waals surface area contributed by atoms with E-state index in [-0.39, 0.29) is 0 Å². The first-order chi connectivity index (χ1) is 7.88. The van der Waals surface area contributed by atoms with Crippen molar-refractivity contribution in [3.05, 3.63) is 30.2 Å². The van der Waals surface area contributed by atoms with Gasteiger partial charge in [0, 0.05) is 12.6 Å². The van der Waals surface area contributed by atoms with Gasteiger partial charge < -0.3 is 10.1 Å². The molecule has 1 N–H and O–H groups in total. The van der Waals surface area contributed by atoms with Crippen molar-refractivity contribution in [3.8, 4) is 5.88 Å². The molecule has 1 saturated carbocycles. The van der Waals surface area contributed by atoms with E-state index < -0.39 is 0 Å². The highest BCUT2D eigenvalue weighted by Gasteiger charge is 2.20. The standard InChI is InChI=1S/C12H17N3O/c1-2-3-6-16-12-9-14-11(8-15-12)7-13-10-4-5-10/h2-3,8-10,13H,4-7H2,1H3/b3-2+. The summed E-state index contributed by atoms with van der Waals surface area (Å²) >= 11 is 0. The number of rotatable bonds is 6. The molecule has 0 radical (unpaired) electrons. The van der Waals surface area contributed by atoms with Crippen LogP contribution < -0.4 is 10.1 Å². The largest absolute Gasteiger partial charge is 0.472 e. The van der Waals surface area contributed by atoms with Gasteiger partial charge in [-0.05, 0) is 19.8 Å². The molecule has 1 aliphatic rings. The molecule has 0 spiro atoms. The molecule has 1 heterocycles. The number of allylic oxidation sites excluding steroid dienone is 1. The Balaban J connectivity index is 1.78. The average molecular weight is 219 g/mol. The van der Waals surface area contributed by atoms with Crippen LogP contribution in [0.1, 0.15) is 25.5 Å². The van der Waals surface area contributed by atoms with Gasteiger partial charge in [0.05, 0.1) is 18.1 Å². The van der Waals surface area contributed by atoms with Gasteiger partial charge in [0.1, 0.15) is 6.61 Å². The van der Waals surface area contributed by atoms with Gasteiger partial charge in [-0.1, -0.05) is 12.2 Å². The zero-order valence-electron chi connectivity index (χ0n) is 9.52. The van der Waals surface area contributed by atoms with Crippen LogP contribution in [0.2, 0.25) is 0 Å². The minimum Gasteiger partial charge on any atom is -0.472 e. The molecule has 2 rings (SSSR count). The monoisotopic (exact) mass is 219 g/mol. The predicted octanol–water partition coefficient (Wildman–Crippen LogP) is 1.68. The summed E-state index contributed by atoms with van der Waals surface area (Å²) < 4.78 is 5.36. The maximum absolute atomic E-state index is 5.36. The van der Waals surface area contributed by atoms with Crippen molar-refractivity contribution in [1.82, 2.24) is 15.3 Å². The maximum Gasteiger partial charge on any atom is 0.232 e. The molecule has 1 aromatic heterocycles. The summed E-state index contributed by atoms with van der Waals surface area (Å²) in [6.45, 7) is 3.30. The van der Waals surface area contributed by atoms with E-state index in [0.717, 1.165) is 12.2 Å². The van der Waals surface area contributed by atoms with Crippen LogP contribution in [0.3, 0.4) is 0 Å². The third-order valence-electron chi connectivity index (χ3n) is 2.39. The van der Waals surface area contributed by atoms with Crippen molar-refractivity contribution in [1.29, 1.82) is 0 Å². The fraction of sp³-hybridized carbons (Fsp3) is 0.500. The van der Waals surface area contributed by atoms with Crippen molar-refractivity contribution in [2.24, 2.45) is 0 Å². The molecular weight excluding hydrogens is 202 g/mol. The summed E-state index contributed by atoms with van der Waals surface area (Å²) in [6.07, 6.45) is 9.90. The number of hydrogen-bond donors (Lipinski definition) is 1. The summed E-state index contributed by atoms with van der Waals surface area (Å²) in [7, 11) is 0. The summed E-state index contributed by atoms with van der Waals surface area (Å²) in [4.78, 5) is 8.47. The van der Waals surface area contributed by atoms with Gasteiger partial charge in [-0.15, -0.1) is 0 Å². The molecule has 1 fully saturated rings. The van der Waals surface area contributed by atoms with Gasteiger partial charge in [-0.3, -0.25) is 4.98 Å².